The van der Waals surface area contributed by atoms with E-state index in [1.54, 1.807) is 36.5 Å². The maximum Gasteiger partial charge on any atom is 0.327 e. The number of aromatic nitrogens is 1. The molecule has 1 saturated heterocycles. The Kier molecular flexibility index (Phi) is 8.03. The molecule has 2 aliphatic rings. The van der Waals surface area contributed by atoms with E-state index in [2.05, 4.69) is 39.3 Å². The van der Waals surface area contributed by atoms with Gasteiger partial charge in [0, 0.05) is 37.4 Å². The second-order valence-electron chi connectivity index (χ2n) is 8.85. The van der Waals surface area contributed by atoms with E-state index >= 15 is 0 Å². The molecule has 2 aliphatic heterocycles. The normalized spacial score (nSPS) is 18.2. The van der Waals surface area contributed by atoms with Crippen LogP contribution in [0.25, 0.3) is 0 Å². The largest absolute Gasteiger partial charge is 0.336 e. The second-order valence-corrected chi connectivity index (χ2v) is 9.29. The van der Waals surface area contributed by atoms with E-state index < -0.39 is 0 Å². The monoisotopic (exact) mass is 484 g/mol. The first kappa shape index (κ1) is 24.4. The summed E-state index contributed by atoms with van der Waals surface area (Å²) in [7, 11) is 0. The van der Waals surface area contributed by atoms with E-state index in [0.29, 0.717) is 40.2 Å². The molecular formula is C25H33ClN6O2. The fourth-order valence-electron chi connectivity index (χ4n) is 4.81. The van der Waals surface area contributed by atoms with E-state index in [4.69, 9.17) is 11.6 Å². The first-order valence-corrected chi connectivity index (χ1v) is 12.5. The maximum absolute atomic E-state index is 13.4. The number of carbonyl (C=O) groups is 2. The summed E-state index contributed by atoms with van der Waals surface area (Å²) in [4.78, 5) is 36.9. The smallest absolute Gasteiger partial charge is 0.327 e. The van der Waals surface area contributed by atoms with Crippen LogP contribution in [0.1, 0.15) is 37.0 Å². The number of urea groups is 1. The number of hydrogen-bond donors (Lipinski definition) is 2. The summed E-state index contributed by atoms with van der Waals surface area (Å²) in [6, 6.07) is 8.02. The molecule has 2 N–H and O–H groups in total. The first-order valence-electron chi connectivity index (χ1n) is 12.1. The van der Waals surface area contributed by atoms with Crippen LogP contribution in [0.5, 0.6) is 0 Å². The van der Waals surface area contributed by atoms with Crippen LogP contribution in [0.15, 0.2) is 36.5 Å². The minimum atomic E-state index is -0.336. The molecule has 2 aromatic rings. The van der Waals surface area contributed by atoms with E-state index in [0.717, 1.165) is 39.3 Å². The predicted octanol–water partition coefficient (Wildman–Crippen LogP) is 4.20. The van der Waals surface area contributed by atoms with Crippen molar-refractivity contribution in [3.63, 3.8) is 0 Å². The minimum absolute atomic E-state index is 0.302. The Hall–Kier alpha value is -2.68. The quantitative estimate of drug-likeness (QED) is 0.615. The highest BCUT2D eigenvalue weighted by atomic mass is 35.5. The lowest BCUT2D eigenvalue weighted by Crippen LogP contribution is -2.45. The van der Waals surface area contributed by atoms with E-state index in [1.165, 1.54) is 17.7 Å². The fourth-order valence-corrected chi connectivity index (χ4v) is 4.98. The molecule has 182 valence electrons. The van der Waals surface area contributed by atoms with Crippen LogP contribution >= 0.6 is 11.6 Å². The van der Waals surface area contributed by atoms with Gasteiger partial charge in [-0.15, -0.1) is 0 Å². The van der Waals surface area contributed by atoms with Crippen molar-refractivity contribution in [3.05, 3.63) is 47.1 Å². The number of halogens is 1. The Balaban J connectivity index is 1.45. The molecular weight excluding hydrogens is 452 g/mol. The van der Waals surface area contributed by atoms with Gasteiger partial charge in [0.05, 0.1) is 16.9 Å². The lowest BCUT2D eigenvalue weighted by Gasteiger charge is -2.35. The highest BCUT2D eigenvalue weighted by Crippen LogP contribution is 2.37. The van der Waals surface area contributed by atoms with Gasteiger partial charge >= 0.3 is 6.03 Å². The Morgan fingerprint density at radius 2 is 2.12 bits per heavy atom. The average molecular weight is 485 g/mol. The number of nitrogens with one attached hydrogen (secondary N) is 2. The van der Waals surface area contributed by atoms with E-state index in [-0.39, 0.29) is 11.9 Å². The molecule has 0 radical (unpaired) electrons. The third kappa shape index (κ3) is 5.51. The summed E-state index contributed by atoms with van der Waals surface area (Å²) >= 11 is 6.23. The van der Waals surface area contributed by atoms with Crippen LogP contribution in [0.2, 0.25) is 5.02 Å². The average Bonchev–Trinajstić information content (AvgIpc) is 2.96. The van der Waals surface area contributed by atoms with Crippen molar-refractivity contribution in [2.24, 2.45) is 5.92 Å². The number of benzene rings is 1. The fraction of sp³-hybridized carbons (Fsp3) is 0.480. The van der Waals surface area contributed by atoms with Crippen molar-refractivity contribution >= 4 is 40.7 Å². The van der Waals surface area contributed by atoms with Gasteiger partial charge in [-0.2, -0.15) is 0 Å². The van der Waals surface area contributed by atoms with Crippen molar-refractivity contribution in [1.29, 1.82) is 0 Å². The molecule has 1 fully saturated rings. The summed E-state index contributed by atoms with van der Waals surface area (Å²) in [5.41, 5.74) is 1.26. The molecule has 1 aromatic carbocycles. The lowest BCUT2D eigenvalue weighted by atomic mass is 9.97. The zero-order valence-corrected chi connectivity index (χ0v) is 20.6. The number of likely N-dealkylation sites (tertiary alicyclic amines) is 1. The van der Waals surface area contributed by atoms with E-state index in [1.807, 2.05) is 0 Å². The first-order chi connectivity index (χ1) is 16.5. The standard InChI is InChI=1S/C25H33ClN6O2/c1-3-30(4-2)16-18-7-6-13-31(17-18)14-12-28-25(34)32-22-15-19(26)9-10-20(22)24(33)29-21-8-5-11-27-23(21)32/h5,8-11,15,18H,3-4,6-7,12-14,16-17H2,1-2H3,(H,28,34)(H,29,33). The van der Waals surface area contributed by atoms with Crippen molar-refractivity contribution in [3.8, 4) is 0 Å². The van der Waals surface area contributed by atoms with Crippen molar-refractivity contribution in [1.82, 2.24) is 20.1 Å². The maximum atomic E-state index is 13.4. The minimum Gasteiger partial charge on any atom is -0.336 e. The molecule has 1 atom stereocenters. The number of rotatable bonds is 7. The Morgan fingerprint density at radius 3 is 2.91 bits per heavy atom. The number of amides is 3. The predicted molar refractivity (Wildman–Crippen MR) is 136 cm³/mol. The number of carbonyl (C=O) groups excluding carboxylic acids is 2. The topological polar surface area (TPSA) is 80.8 Å². The molecule has 9 heteroatoms. The van der Waals surface area contributed by atoms with Crippen LogP contribution in [0, 0.1) is 5.92 Å². The SMILES string of the molecule is CCN(CC)CC1CCCN(CCNC(=O)N2c3cc(Cl)ccc3C(=O)Nc3cccnc32)C1. The summed E-state index contributed by atoms with van der Waals surface area (Å²) in [5, 5.41) is 6.32. The molecule has 4 rings (SSSR count). The van der Waals surface area contributed by atoms with Gasteiger partial charge in [0.25, 0.3) is 5.91 Å². The zero-order valence-electron chi connectivity index (χ0n) is 19.9. The van der Waals surface area contributed by atoms with Gasteiger partial charge < -0.3 is 20.4 Å². The molecule has 1 unspecified atom stereocenters. The molecule has 3 amide bonds. The van der Waals surface area contributed by atoms with E-state index in [9.17, 15) is 9.59 Å². The number of fused-ring (bicyclic) bond motifs is 2. The summed E-state index contributed by atoms with van der Waals surface area (Å²) in [5.74, 6) is 0.729. The molecule has 0 bridgehead atoms. The zero-order chi connectivity index (χ0) is 24.1. The number of nitrogens with zero attached hydrogens (tertiary/aromatic N) is 4. The Morgan fingerprint density at radius 1 is 1.29 bits per heavy atom. The number of hydrogen-bond acceptors (Lipinski definition) is 5. The molecule has 34 heavy (non-hydrogen) atoms. The van der Waals surface area contributed by atoms with Crippen LogP contribution in [-0.2, 0) is 0 Å². The summed E-state index contributed by atoms with van der Waals surface area (Å²) < 4.78 is 0. The molecule has 0 spiro atoms. The summed E-state index contributed by atoms with van der Waals surface area (Å²) in [6.45, 7) is 11.1. The van der Waals surface area contributed by atoms with Crippen molar-refractivity contribution in [2.75, 3.05) is 56.0 Å². The van der Waals surface area contributed by atoms with Gasteiger partial charge in [-0.05, 0) is 68.7 Å². The number of pyridine rings is 1. The van der Waals surface area contributed by atoms with Crippen LogP contribution in [0.3, 0.4) is 0 Å². The number of anilines is 3. The molecule has 3 heterocycles. The Bertz CT molecular complexity index is 1030. The third-order valence-corrected chi connectivity index (χ3v) is 6.85. The molecule has 1 aromatic heterocycles. The van der Waals surface area contributed by atoms with Crippen LogP contribution < -0.4 is 15.5 Å². The van der Waals surface area contributed by atoms with Crippen LogP contribution in [0.4, 0.5) is 22.0 Å². The highest BCUT2D eigenvalue weighted by molar-refractivity contribution is 6.31. The van der Waals surface area contributed by atoms with Gasteiger partial charge in [-0.3, -0.25) is 4.79 Å². The van der Waals surface area contributed by atoms with Crippen LogP contribution in [-0.4, -0.2) is 72.5 Å². The second kappa shape index (κ2) is 11.2. The Labute approximate surface area is 206 Å². The van der Waals surface area contributed by atoms with Gasteiger partial charge in [0.15, 0.2) is 5.82 Å². The summed E-state index contributed by atoms with van der Waals surface area (Å²) in [6.07, 6.45) is 4.04. The molecule has 8 nitrogen and oxygen atoms in total. The highest BCUT2D eigenvalue weighted by Gasteiger charge is 2.31. The molecule has 0 aliphatic carbocycles. The van der Waals surface area contributed by atoms with Crippen molar-refractivity contribution in [2.45, 2.75) is 26.7 Å². The third-order valence-electron chi connectivity index (χ3n) is 6.61. The van der Waals surface area contributed by atoms with Gasteiger partial charge in [-0.1, -0.05) is 25.4 Å². The van der Waals surface area contributed by atoms with Gasteiger partial charge in [0.1, 0.15) is 0 Å². The van der Waals surface area contributed by atoms with Crippen molar-refractivity contribution < 1.29 is 9.59 Å². The van der Waals surface area contributed by atoms with Gasteiger partial charge in [0.2, 0.25) is 0 Å². The van der Waals surface area contributed by atoms with Gasteiger partial charge in [-0.25, -0.2) is 14.7 Å². The lowest BCUT2D eigenvalue weighted by molar-refractivity contribution is 0.102. The molecule has 0 saturated carbocycles. The number of piperidine rings is 1.